The summed E-state index contributed by atoms with van der Waals surface area (Å²) in [6.07, 6.45) is 9.82. The molecule has 4 heterocycles. The molecule has 2 N–H and O–H groups in total. The zero-order valence-corrected chi connectivity index (χ0v) is 20.0. The average Bonchev–Trinajstić information content (AvgIpc) is 3.65. The number of hydrogen-bond donors (Lipinski definition) is 2. The Bertz CT molecular complexity index is 1090. The van der Waals surface area contributed by atoms with Crippen molar-refractivity contribution in [3.63, 3.8) is 0 Å². The first-order chi connectivity index (χ1) is 17.0. The lowest BCUT2D eigenvalue weighted by molar-refractivity contribution is -0.134. The molecule has 2 aromatic rings. The van der Waals surface area contributed by atoms with Crippen molar-refractivity contribution in [2.45, 2.75) is 88.5 Å². The van der Waals surface area contributed by atoms with Crippen LogP contribution in [-0.4, -0.2) is 62.6 Å². The Balaban J connectivity index is 1.29. The van der Waals surface area contributed by atoms with Crippen LogP contribution in [0, 0.1) is 0 Å². The molecule has 2 aliphatic carbocycles. The first-order valence-electron chi connectivity index (χ1n) is 13.1. The maximum atomic E-state index is 14.6. The van der Waals surface area contributed by atoms with Crippen LogP contribution in [0.15, 0.2) is 6.07 Å². The molecule has 1 amide bonds. The molecule has 0 spiro atoms. The van der Waals surface area contributed by atoms with Gasteiger partial charge in [-0.05, 0) is 51.4 Å². The molecule has 1 atom stereocenters. The minimum absolute atomic E-state index is 0.215. The number of carbonyl (C=O) groups is 1. The van der Waals surface area contributed by atoms with Gasteiger partial charge in [-0.25, -0.2) is 13.8 Å². The van der Waals surface area contributed by atoms with Gasteiger partial charge in [0.05, 0.1) is 12.2 Å². The van der Waals surface area contributed by atoms with Crippen LogP contribution in [0.25, 0.3) is 0 Å². The highest BCUT2D eigenvalue weighted by Crippen LogP contribution is 2.38. The van der Waals surface area contributed by atoms with E-state index in [1.165, 1.54) is 30.6 Å². The number of amides is 1. The van der Waals surface area contributed by atoms with E-state index in [1.54, 1.807) is 4.90 Å². The number of carbonyl (C=O) groups excluding carboxylic acids is 1. The molecule has 2 aliphatic heterocycles. The number of nitrogens with one attached hydrogen (secondary N) is 2. The van der Waals surface area contributed by atoms with E-state index in [-0.39, 0.29) is 11.9 Å². The predicted octanol–water partition coefficient (Wildman–Crippen LogP) is 4.32. The second kappa shape index (κ2) is 9.02. The number of aryl methyl sites for hydroxylation is 1. The Labute approximate surface area is 203 Å². The van der Waals surface area contributed by atoms with Gasteiger partial charge in [0.15, 0.2) is 5.82 Å². The smallest absolute Gasteiger partial charge is 0.267 e. The number of likely N-dealkylation sites (tertiary alicyclic amines) is 1. The van der Waals surface area contributed by atoms with E-state index in [9.17, 15) is 13.6 Å². The molecule has 188 valence electrons. The fourth-order valence-electron chi connectivity index (χ4n) is 6.19. The summed E-state index contributed by atoms with van der Waals surface area (Å²) in [4.78, 5) is 25.9. The topological polar surface area (TPSA) is 90.0 Å². The van der Waals surface area contributed by atoms with Gasteiger partial charge in [-0.15, -0.1) is 0 Å². The summed E-state index contributed by atoms with van der Waals surface area (Å²) in [6, 6.07) is 1.10. The van der Waals surface area contributed by atoms with Crippen LogP contribution in [0.2, 0.25) is 0 Å². The summed E-state index contributed by atoms with van der Waals surface area (Å²) < 4.78 is 29.3. The largest absolute Gasteiger partial charge is 0.341 e. The minimum atomic E-state index is -2.95. The molecular formula is C25H33F2N7O. The SMILES string of the molecule is O=C([C@H]1CC(F)(F)CN1c1nc2c(c(Nc3cc(C4CCCC4)[nH]n3)n1)CCC2)N1CCCCC1. The zero-order valence-electron chi connectivity index (χ0n) is 20.0. The van der Waals surface area contributed by atoms with Crippen molar-refractivity contribution < 1.29 is 13.6 Å². The van der Waals surface area contributed by atoms with Gasteiger partial charge in [-0.1, -0.05) is 12.8 Å². The number of rotatable bonds is 5. The van der Waals surface area contributed by atoms with Crippen LogP contribution < -0.4 is 10.2 Å². The summed E-state index contributed by atoms with van der Waals surface area (Å²) in [5.74, 6) is -1.16. The van der Waals surface area contributed by atoms with Gasteiger partial charge in [0, 0.05) is 42.8 Å². The van der Waals surface area contributed by atoms with E-state index in [0.29, 0.717) is 30.6 Å². The van der Waals surface area contributed by atoms with E-state index in [4.69, 9.17) is 9.97 Å². The highest BCUT2D eigenvalue weighted by Gasteiger charge is 2.50. The molecular weight excluding hydrogens is 452 g/mol. The minimum Gasteiger partial charge on any atom is -0.341 e. The number of piperidine rings is 1. The van der Waals surface area contributed by atoms with Crippen LogP contribution in [0.1, 0.15) is 80.7 Å². The molecule has 3 fully saturated rings. The number of aromatic amines is 1. The first kappa shape index (κ1) is 22.7. The number of nitrogens with zero attached hydrogens (tertiary/aromatic N) is 5. The van der Waals surface area contributed by atoms with Crippen molar-refractivity contribution in [1.82, 2.24) is 25.1 Å². The van der Waals surface area contributed by atoms with Gasteiger partial charge in [0.1, 0.15) is 11.9 Å². The molecule has 2 saturated heterocycles. The van der Waals surface area contributed by atoms with Crippen molar-refractivity contribution in [2.75, 3.05) is 29.9 Å². The molecule has 35 heavy (non-hydrogen) atoms. The molecule has 0 radical (unpaired) electrons. The van der Waals surface area contributed by atoms with E-state index >= 15 is 0 Å². The van der Waals surface area contributed by atoms with Gasteiger partial charge < -0.3 is 15.1 Å². The van der Waals surface area contributed by atoms with Gasteiger partial charge in [0.2, 0.25) is 11.9 Å². The quantitative estimate of drug-likeness (QED) is 0.656. The number of alkyl halides is 2. The lowest BCUT2D eigenvalue weighted by Crippen LogP contribution is -2.48. The molecule has 10 heteroatoms. The highest BCUT2D eigenvalue weighted by atomic mass is 19.3. The summed E-state index contributed by atoms with van der Waals surface area (Å²) in [5.41, 5.74) is 3.02. The molecule has 4 aliphatic rings. The fourth-order valence-corrected chi connectivity index (χ4v) is 6.19. The third-order valence-electron chi connectivity index (χ3n) is 8.04. The molecule has 0 unspecified atom stereocenters. The normalized spacial score (nSPS) is 24.2. The van der Waals surface area contributed by atoms with Crippen molar-refractivity contribution in [2.24, 2.45) is 0 Å². The van der Waals surface area contributed by atoms with Crippen molar-refractivity contribution >= 4 is 23.5 Å². The third kappa shape index (κ3) is 4.47. The first-order valence-corrected chi connectivity index (χ1v) is 13.1. The van der Waals surface area contributed by atoms with Crippen LogP contribution in [0.3, 0.4) is 0 Å². The van der Waals surface area contributed by atoms with Gasteiger partial charge in [-0.3, -0.25) is 9.89 Å². The van der Waals surface area contributed by atoms with E-state index < -0.39 is 24.9 Å². The average molecular weight is 486 g/mol. The Hall–Kier alpha value is -2.78. The number of H-pyrrole nitrogens is 1. The molecule has 0 bridgehead atoms. The second-order valence-electron chi connectivity index (χ2n) is 10.6. The van der Waals surface area contributed by atoms with Crippen molar-refractivity contribution in [3.05, 3.63) is 23.0 Å². The Kier molecular flexibility index (Phi) is 5.84. The summed E-state index contributed by atoms with van der Waals surface area (Å²) in [6.45, 7) is 0.730. The highest BCUT2D eigenvalue weighted by molar-refractivity contribution is 5.86. The van der Waals surface area contributed by atoms with Crippen LogP contribution in [-0.2, 0) is 17.6 Å². The Morgan fingerprint density at radius 1 is 1.06 bits per heavy atom. The molecule has 6 rings (SSSR count). The van der Waals surface area contributed by atoms with Crippen molar-refractivity contribution in [3.8, 4) is 0 Å². The maximum absolute atomic E-state index is 14.6. The van der Waals surface area contributed by atoms with Crippen molar-refractivity contribution in [1.29, 1.82) is 0 Å². The van der Waals surface area contributed by atoms with Crippen LogP contribution >= 0.6 is 0 Å². The van der Waals surface area contributed by atoms with Gasteiger partial charge in [0.25, 0.3) is 5.92 Å². The number of fused-ring (bicyclic) bond motifs is 1. The second-order valence-corrected chi connectivity index (χ2v) is 10.6. The summed E-state index contributed by atoms with van der Waals surface area (Å²) in [5, 5.41) is 10.9. The fraction of sp³-hybridized carbons (Fsp3) is 0.680. The Morgan fingerprint density at radius 2 is 1.86 bits per heavy atom. The Morgan fingerprint density at radius 3 is 2.66 bits per heavy atom. The number of halogens is 2. The third-order valence-corrected chi connectivity index (χ3v) is 8.04. The monoisotopic (exact) mass is 485 g/mol. The number of hydrogen-bond acceptors (Lipinski definition) is 6. The lowest BCUT2D eigenvalue weighted by Gasteiger charge is -2.32. The summed E-state index contributed by atoms with van der Waals surface area (Å²) >= 11 is 0. The molecule has 8 nitrogen and oxygen atoms in total. The molecule has 0 aromatic carbocycles. The standard InChI is InChI=1S/C25H33F2N7O/c26-25(27)14-20(23(35)33-11-4-1-5-12-33)34(15-25)24-28-18-10-6-9-17(18)22(30-24)29-21-13-19(31-32-21)16-7-2-3-8-16/h13,16,20H,1-12,14-15H2,(H2,28,29,30,31,32)/t20-/m1/s1. The van der Waals surface area contributed by atoms with Gasteiger partial charge >= 0.3 is 0 Å². The van der Waals surface area contributed by atoms with E-state index in [1.807, 2.05) is 6.07 Å². The zero-order chi connectivity index (χ0) is 24.0. The maximum Gasteiger partial charge on any atom is 0.267 e. The summed E-state index contributed by atoms with van der Waals surface area (Å²) in [7, 11) is 0. The number of aromatic nitrogens is 4. The van der Waals surface area contributed by atoms with E-state index in [0.717, 1.165) is 55.5 Å². The molecule has 2 aromatic heterocycles. The van der Waals surface area contributed by atoms with Crippen LogP contribution in [0.4, 0.5) is 26.4 Å². The number of anilines is 3. The predicted molar refractivity (Wildman–Crippen MR) is 128 cm³/mol. The molecule has 1 saturated carbocycles. The van der Waals surface area contributed by atoms with Crippen LogP contribution in [0.5, 0.6) is 0 Å². The lowest BCUT2D eigenvalue weighted by atomic mass is 10.0. The van der Waals surface area contributed by atoms with Gasteiger partial charge in [-0.2, -0.15) is 10.1 Å². The van der Waals surface area contributed by atoms with E-state index in [2.05, 4.69) is 15.5 Å².